The van der Waals surface area contributed by atoms with Gasteiger partial charge in [0.05, 0.1) is 42.7 Å². The van der Waals surface area contributed by atoms with Gasteiger partial charge in [0.1, 0.15) is 0 Å². The van der Waals surface area contributed by atoms with E-state index in [-0.39, 0.29) is 17.9 Å². The van der Waals surface area contributed by atoms with Crippen LogP contribution in [0.1, 0.15) is 50.0 Å². The van der Waals surface area contributed by atoms with Gasteiger partial charge in [0.15, 0.2) is 0 Å². The van der Waals surface area contributed by atoms with E-state index in [1.807, 2.05) is 15.7 Å². The Morgan fingerprint density at radius 1 is 1.31 bits per heavy atom. The van der Waals surface area contributed by atoms with Gasteiger partial charge in [-0.3, -0.25) is 19.6 Å². The molecule has 0 radical (unpaired) electrons. The molecule has 138 valence electrons. The largest absolute Gasteiger partial charge is 0.350 e. The van der Waals surface area contributed by atoms with Crippen molar-refractivity contribution in [3.63, 3.8) is 0 Å². The highest BCUT2D eigenvalue weighted by Crippen LogP contribution is 2.30. The van der Waals surface area contributed by atoms with E-state index in [4.69, 9.17) is 0 Å². The Morgan fingerprint density at radius 3 is 2.96 bits per heavy atom. The molecular weight excluding hydrogens is 332 g/mol. The molecule has 1 fully saturated rings. The van der Waals surface area contributed by atoms with Gasteiger partial charge in [-0.1, -0.05) is 0 Å². The van der Waals surface area contributed by atoms with Crippen molar-refractivity contribution in [3.8, 4) is 0 Å². The van der Waals surface area contributed by atoms with E-state index in [2.05, 4.69) is 20.3 Å². The lowest BCUT2D eigenvalue weighted by Gasteiger charge is -2.22. The molecule has 2 amide bonds. The van der Waals surface area contributed by atoms with Crippen molar-refractivity contribution in [2.45, 2.75) is 51.7 Å². The highest BCUT2D eigenvalue weighted by molar-refractivity contribution is 5.75. The maximum atomic E-state index is 12.0. The molecule has 3 rings (SSSR count). The molecule has 2 aromatic heterocycles. The molecule has 2 aromatic rings. The molecule has 1 N–H and O–H groups in total. The normalized spacial score (nSPS) is 16.7. The summed E-state index contributed by atoms with van der Waals surface area (Å²) >= 11 is 0. The molecular formula is C18H24N6O2. The number of aromatic nitrogens is 4. The van der Waals surface area contributed by atoms with Crippen LogP contribution in [-0.2, 0) is 22.7 Å². The van der Waals surface area contributed by atoms with Crippen LogP contribution in [0.2, 0.25) is 0 Å². The van der Waals surface area contributed by atoms with Crippen LogP contribution in [0.15, 0.2) is 31.1 Å². The number of aryl methyl sites for hydroxylation is 1. The van der Waals surface area contributed by atoms with Gasteiger partial charge in [-0.25, -0.2) is 4.98 Å². The number of carbonyl (C=O) groups is 2. The van der Waals surface area contributed by atoms with Gasteiger partial charge in [0, 0.05) is 38.8 Å². The topological polar surface area (TPSA) is 93.0 Å². The van der Waals surface area contributed by atoms with E-state index < -0.39 is 0 Å². The fourth-order valence-corrected chi connectivity index (χ4v) is 3.24. The fraction of sp³-hybridized carbons (Fsp3) is 0.500. The van der Waals surface area contributed by atoms with Crippen molar-refractivity contribution in [1.29, 1.82) is 0 Å². The maximum absolute atomic E-state index is 12.0. The van der Waals surface area contributed by atoms with Gasteiger partial charge in [-0.15, -0.1) is 0 Å². The Bertz CT molecular complexity index is 746. The first-order valence-corrected chi connectivity index (χ1v) is 8.94. The summed E-state index contributed by atoms with van der Waals surface area (Å²) in [5.41, 5.74) is 1.51. The molecule has 0 aliphatic carbocycles. The van der Waals surface area contributed by atoms with Gasteiger partial charge < -0.3 is 14.8 Å². The van der Waals surface area contributed by atoms with E-state index in [0.29, 0.717) is 18.7 Å². The van der Waals surface area contributed by atoms with Crippen molar-refractivity contribution in [2.75, 3.05) is 6.54 Å². The van der Waals surface area contributed by atoms with Gasteiger partial charge in [0.2, 0.25) is 11.8 Å². The third-order valence-corrected chi connectivity index (χ3v) is 4.55. The second-order valence-corrected chi connectivity index (χ2v) is 6.49. The fourth-order valence-electron chi connectivity index (χ4n) is 3.24. The van der Waals surface area contributed by atoms with Crippen molar-refractivity contribution in [2.24, 2.45) is 0 Å². The lowest BCUT2D eigenvalue weighted by Crippen LogP contribution is -2.29. The highest BCUT2D eigenvalue weighted by atomic mass is 16.2. The number of nitrogens with zero attached hydrogens (tertiary/aromatic N) is 5. The van der Waals surface area contributed by atoms with Crippen LogP contribution in [-0.4, -0.2) is 42.8 Å². The Labute approximate surface area is 152 Å². The predicted octanol–water partition coefficient (Wildman–Crippen LogP) is 1.45. The number of hydrogen-bond acceptors (Lipinski definition) is 5. The number of nitrogens with one attached hydrogen (secondary N) is 1. The summed E-state index contributed by atoms with van der Waals surface area (Å²) in [6.07, 6.45) is 11.8. The molecule has 8 heteroatoms. The third-order valence-electron chi connectivity index (χ3n) is 4.55. The highest BCUT2D eigenvalue weighted by Gasteiger charge is 2.29. The van der Waals surface area contributed by atoms with E-state index in [1.54, 1.807) is 31.8 Å². The van der Waals surface area contributed by atoms with E-state index in [9.17, 15) is 9.59 Å². The van der Waals surface area contributed by atoms with Crippen molar-refractivity contribution < 1.29 is 9.59 Å². The van der Waals surface area contributed by atoms with Gasteiger partial charge >= 0.3 is 0 Å². The summed E-state index contributed by atoms with van der Waals surface area (Å²) in [6.45, 7) is 3.46. The Morgan fingerprint density at radius 2 is 2.19 bits per heavy atom. The number of amides is 2. The molecule has 0 bridgehead atoms. The minimum atomic E-state index is -0.0106. The third kappa shape index (κ3) is 4.65. The minimum Gasteiger partial charge on any atom is -0.350 e. The average molecular weight is 356 g/mol. The zero-order valence-electron chi connectivity index (χ0n) is 15.0. The lowest BCUT2D eigenvalue weighted by atomic mass is 10.1. The second-order valence-electron chi connectivity index (χ2n) is 6.49. The Hall–Kier alpha value is -2.77. The molecule has 8 nitrogen and oxygen atoms in total. The molecule has 1 unspecified atom stereocenters. The van der Waals surface area contributed by atoms with E-state index in [0.717, 1.165) is 38.0 Å². The molecule has 26 heavy (non-hydrogen) atoms. The summed E-state index contributed by atoms with van der Waals surface area (Å²) in [5.74, 6) is 0.0504. The number of rotatable bonds is 7. The average Bonchev–Trinajstić information content (AvgIpc) is 3.32. The van der Waals surface area contributed by atoms with Crippen molar-refractivity contribution >= 4 is 11.8 Å². The first-order chi connectivity index (χ1) is 12.6. The van der Waals surface area contributed by atoms with Crippen LogP contribution < -0.4 is 5.32 Å². The Balaban J connectivity index is 1.49. The van der Waals surface area contributed by atoms with Crippen LogP contribution in [0.3, 0.4) is 0 Å². The monoisotopic (exact) mass is 356 g/mol. The molecule has 0 saturated carbocycles. The first kappa shape index (κ1) is 18.0. The number of imidazole rings is 1. The van der Waals surface area contributed by atoms with E-state index in [1.165, 1.54) is 0 Å². The molecule has 3 heterocycles. The van der Waals surface area contributed by atoms with Gasteiger partial charge in [-0.05, 0) is 19.3 Å². The number of hydrogen-bond donors (Lipinski definition) is 1. The summed E-state index contributed by atoms with van der Waals surface area (Å²) in [7, 11) is 0. The second kappa shape index (κ2) is 8.55. The standard InChI is InChI=1S/C18H24N6O2/c1-14(25)24-8-2-4-17(24)16-12-20-10-15(22-16)11-21-18(26)5-3-7-23-9-6-19-13-23/h6,9-10,12-13,17H,2-5,7-8,11H2,1H3,(H,21,26). The molecule has 0 spiro atoms. The van der Waals surface area contributed by atoms with Crippen LogP contribution in [0.25, 0.3) is 0 Å². The zero-order chi connectivity index (χ0) is 18.4. The van der Waals surface area contributed by atoms with Gasteiger partial charge in [-0.2, -0.15) is 0 Å². The van der Waals surface area contributed by atoms with Crippen molar-refractivity contribution in [3.05, 3.63) is 42.5 Å². The Kier molecular flexibility index (Phi) is 5.93. The summed E-state index contributed by atoms with van der Waals surface area (Å²) < 4.78 is 1.95. The number of carbonyl (C=O) groups excluding carboxylic acids is 2. The molecule has 1 saturated heterocycles. The van der Waals surface area contributed by atoms with E-state index >= 15 is 0 Å². The van der Waals surface area contributed by atoms with Crippen LogP contribution >= 0.6 is 0 Å². The van der Waals surface area contributed by atoms with Crippen LogP contribution in [0, 0.1) is 0 Å². The summed E-state index contributed by atoms with van der Waals surface area (Å²) in [6, 6.07) is -0.00849. The maximum Gasteiger partial charge on any atom is 0.220 e. The lowest BCUT2D eigenvalue weighted by molar-refractivity contribution is -0.129. The van der Waals surface area contributed by atoms with Gasteiger partial charge in [0.25, 0.3) is 0 Å². The number of likely N-dealkylation sites (tertiary alicyclic amines) is 1. The zero-order valence-corrected chi connectivity index (χ0v) is 15.0. The minimum absolute atomic E-state index is 0.00849. The first-order valence-electron chi connectivity index (χ1n) is 8.94. The molecule has 1 aliphatic rings. The summed E-state index contributed by atoms with van der Waals surface area (Å²) in [4.78, 5) is 38.4. The van der Waals surface area contributed by atoms with Crippen LogP contribution in [0.5, 0.6) is 0 Å². The molecule has 1 atom stereocenters. The molecule has 1 aliphatic heterocycles. The van der Waals surface area contributed by atoms with Crippen LogP contribution in [0.4, 0.5) is 0 Å². The molecule has 0 aromatic carbocycles. The van der Waals surface area contributed by atoms with Crippen molar-refractivity contribution in [1.82, 2.24) is 29.7 Å². The predicted molar refractivity (Wildman–Crippen MR) is 94.7 cm³/mol. The smallest absolute Gasteiger partial charge is 0.220 e. The quantitative estimate of drug-likeness (QED) is 0.810. The summed E-state index contributed by atoms with van der Waals surface area (Å²) in [5, 5.41) is 2.88. The SMILES string of the molecule is CC(=O)N1CCCC1c1cncc(CNC(=O)CCCn2ccnc2)n1.